The Morgan fingerprint density at radius 2 is 1.89 bits per heavy atom. The first-order chi connectivity index (χ1) is 8.38. The summed E-state index contributed by atoms with van der Waals surface area (Å²) in [5, 5.41) is 9.59. The quantitative estimate of drug-likeness (QED) is 0.803. The Morgan fingerprint density at radius 3 is 2.37 bits per heavy atom. The van der Waals surface area contributed by atoms with Crippen molar-refractivity contribution in [2.45, 2.75) is 24.7 Å². The lowest BCUT2D eigenvalue weighted by atomic mass is 10.0. The van der Waals surface area contributed by atoms with Gasteiger partial charge in [-0.25, -0.2) is 9.97 Å². The number of piperidine rings is 1. The van der Waals surface area contributed by atoms with Crippen LogP contribution >= 0.6 is 12.4 Å². The number of aliphatic hydroxyl groups excluding tert-OH is 1. The number of rotatable bonds is 1. The second kappa shape index (κ2) is 5.89. The van der Waals surface area contributed by atoms with Crippen molar-refractivity contribution in [3.8, 4) is 0 Å². The predicted octanol–water partition coefficient (Wildman–Crippen LogP) is 0.815. The molecule has 108 valence electrons. The monoisotopic (exact) mass is 298 g/mol. The van der Waals surface area contributed by atoms with Crippen LogP contribution in [0, 0.1) is 0 Å². The van der Waals surface area contributed by atoms with Gasteiger partial charge in [0.05, 0.1) is 11.7 Å². The van der Waals surface area contributed by atoms with Crippen LogP contribution < -0.4 is 10.6 Å². The Balaban J connectivity index is 0.00000180. The summed E-state index contributed by atoms with van der Waals surface area (Å²) in [6.07, 6.45) is -3.13. The zero-order valence-electron chi connectivity index (χ0n) is 9.84. The van der Waals surface area contributed by atoms with Gasteiger partial charge in [0.1, 0.15) is 0 Å². The van der Waals surface area contributed by atoms with E-state index in [1.54, 1.807) is 4.90 Å². The topological polar surface area (TPSA) is 75.3 Å². The molecule has 2 heterocycles. The van der Waals surface area contributed by atoms with Gasteiger partial charge in [-0.15, -0.1) is 12.4 Å². The first kappa shape index (κ1) is 15.9. The van der Waals surface area contributed by atoms with E-state index in [0.717, 1.165) is 12.4 Å². The fourth-order valence-electron chi connectivity index (χ4n) is 1.76. The van der Waals surface area contributed by atoms with Gasteiger partial charge in [-0.2, -0.15) is 13.2 Å². The average Bonchev–Trinajstić information content (AvgIpc) is 2.32. The number of nitrogens with two attached hydrogens (primary N) is 1. The molecular formula is C10H14ClF3N4O. The lowest BCUT2D eigenvalue weighted by Crippen LogP contribution is -2.51. The molecule has 0 aromatic carbocycles. The van der Waals surface area contributed by atoms with E-state index in [1.165, 1.54) is 0 Å². The fraction of sp³-hybridized carbons (Fsp3) is 0.600. The van der Waals surface area contributed by atoms with E-state index in [0.29, 0.717) is 13.0 Å². The van der Waals surface area contributed by atoms with Crippen LogP contribution in [0.4, 0.5) is 19.1 Å². The highest BCUT2D eigenvalue weighted by Gasteiger charge is 2.32. The molecule has 2 atom stereocenters. The highest BCUT2D eigenvalue weighted by molar-refractivity contribution is 5.85. The largest absolute Gasteiger partial charge is 0.419 e. The van der Waals surface area contributed by atoms with Crippen LogP contribution in [-0.2, 0) is 6.18 Å². The van der Waals surface area contributed by atoms with Gasteiger partial charge < -0.3 is 15.7 Å². The summed E-state index contributed by atoms with van der Waals surface area (Å²) in [5.41, 5.74) is 4.75. The molecule has 1 aromatic rings. The van der Waals surface area contributed by atoms with E-state index in [-0.39, 0.29) is 30.9 Å². The maximum Gasteiger partial charge on any atom is 0.419 e. The molecule has 9 heteroatoms. The van der Waals surface area contributed by atoms with Gasteiger partial charge in [-0.3, -0.25) is 0 Å². The fourth-order valence-corrected chi connectivity index (χ4v) is 1.76. The van der Waals surface area contributed by atoms with E-state index < -0.39 is 17.8 Å². The van der Waals surface area contributed by atoms with Crippen molar-refractivity contribution in [3.05, 3.63) is 18.0 Å². The van der Waals surface area contributed by atoms with Crippen LogP contribution in [0.1, 0.15) is 12.0 Å². The summed E-state index contributed by atoms with van der Waals surface area (Å²) in [6.45, 7) is 0.746. The lowest BCUT2D eigenvalue weighted by molar-refractivity contribution is -0.138. The van der Waals surface area contributed by atoms with Crippen LogP contribution in [0.5, 0.6) is 0 Å². The third kappa shape index (κ3) is 3.68. The van der Waals surface area contributed by atoms with Crippen molar-refractivity contribution >= 4 is 18.4 Å². The Bertz CT molecular complexity index is 414. The summed E-state index contributed by atoms with van der Waals surface area (Å²) in [5.74, 6) is 0.175. The molecule has 1 aliphatic rings. The molecule has 1 aliphatic heterocycles. The second-order valence-corrected chi connectivity index (χ2v) is 4.24. The van der Waals surface area contributed by atoms with Crippen LogP contribution in [0.15, 0.2) is 12.4 Å². The number of β-amino-alcohol motifs (C(OH)–C–C–N with tert-alkyl or cyclic N) is 1. The van der Waals surface area contributed by atoms with E-state index >= 15 is 0 Å². The number of hydrogen-bond donors (Lipinski definition) is 2. The second-order valence-electron chi connectivity index (χ2n) is 4.24. The summed E-state index contributed by atoms with van der Waals surface area (Å²) in [7, 11) is 0. The van der Waals surface area contributed by atoms with Crippen molar-refractivity contribution in [1.29, 1.82) is 0 Å². The predicted molar refractivity (Wildman–Crippen MR) is 65.1 cm³/mol. The zero-order chi connectivity index (χ0) is 13.3. The maximum atomic E-state index is 12.3. The number of alkyl halides is 3. The Hall–Kier alpha value is -1.12. The minimum absolute atomic E-state index is 0. The van der Waals surface area contributed by atoms with Gasteiger partial charge in [0.25, 0.3) is 0 Å². The van der Waals surface area contributed by atoms with Crippen molar-refractivity contribution in [2.75, 3.05) is 18.0 Å². The minimum Gasteiger partial charge on any atom is -0.390 e. The SMILES string of the molecule is Cl.N[C@@H]1CCN(c2ncc(C(F)(F)F)cn2)C[C@H]1O. The number of anilines is 1. The van der Waals surface area contributed by atoms with Gasteiger partial charge in [0.15, 0.2) is 0 Å². The molecule has 2 rings (SSSR count). The van der Waals surface area contributed by atoms with Gasteiger partial charge in [-0.05, 0) is 6.42 Å². The number of halogens is 4. The minimum atomic E-state index is -4.44. The lowest BCUT2D eigenvalue weighted by Gasteiger charge is -2.33. The van der Waals surface area contributed by atoms with E-state index in [9.17, 15) is 18.3 Å². The summed E-state index contributed by atoms with van der Waals surface area (Å²) < 4.78 is 37.0. The number of nitrogens with zero attached hydrogens (tertiary/aromatic N) is 3. The van der Waals surface area contributed by atoms with Gasteiger partial charge in [-0.1, -0.05) is 0 Å². The first-order valence-electron chi connectivity index (χ1n) is 5.46. The highest BCUT2D eigenvalue weighted by Crippen LogP contribution is 2.28. The third-order valence-electron chi connectivity index (χ3n) is 2.88. The van der Waals surface area contributed by atoms with Crippen molar-refractivity contribution in [1.82, 2.24) is 9.97 Å². The smallest absolute Gasteiger partial charge is 0.390 e. The summed E-state index contributed by atoms with van der Waals surface area (Å²) >= 11 is 0. The van der Waals surface area contributed by atoms with Crippen molar-refractivity contribution in [3.63, 3.8) is 0 Å². The number of aliphatic hydroxyl groups is 1. The van der Waals surface area contributed by atoms with E-state index in [1.807, 2.05) is 0 Å². The Kier molecular flexibility index (Phi) is 4.94. The van der Waals surface area contributed by atoms with E-state index in [2.05, 4.69) is 9.97 Å². The molecule has 0 spiro atoms. The Labute approximate surface area is 114 Å². The number of hydrogen-bond acceptors (Lipinski definition) is 5. The van der Waals surface area contributed by atoms with Crippen LogP contribution in [0.2, 0.25) is 0 Å². The molecule has 0 radical (unpaired) electrons. The molecule has 1 fully saturated rings. The molecule has 0 saturated carbocycles. The molecule has 0 amide bonds. The molecule has 3 N–H and O–H groups in total. The molecule has 19 heavy (non-hydrogen) atoms. The molecule has 0 aliphatic carbocycles. The normalized spacial score (nSPS) is 23.9. The van der Waals surface area contributed by atoms with Gasteiger partial charge in [0, 0.05) is 31.5 Å². The summed E-state index contributed by atoms with van der Waals surface area (Å²) in [4.78, 5) is 8.96. The molecule has 1 saturated heterocycles. The third-order valence-corrected chi connectivity index (χ3v) is 2.88. The first-order valence-corrected chi connectivity index (χ1v) is 5.46. The maximum absolute atomic E-state index is 12.3. The molecular weight excluding hydrogens is 285 g/mol. The number of aromatic nitrogens is 2. The van der Waals surface area contributed by atoms with Gasteiger partial charge in [0.2, 0.25) is 5.95 Å². The van der Waals surface area contributed by atoms with Gasteiger partial charge >= 0.3 is 6.18 Å². The van der Waals surface area contributed by atoms with Crippen molar-refractivity contribution in [2.24, 2.45) is 5.73 Å². The van der Waals surface area contributed by atoms with Crippen LogP contribution in [0.3, 0.4) is 0 Å². The average molecular weight is 299 g/mol. The molecule has 5 nitrogen and oxygen atoms in total. The zero-order valence-corrected chi connectivity index (χ0v) is 10.7. The summed E-state index contributed by atoms with van der Waals surface area (Å²) in [6, 6.07) is -0.310. The van der Waals surface area contributed by atoms with E-state index in [4.69, 9.17) is 5.73 Å². The Morgan fingerprint density at radius 1 is 1.32 bits per heavy atom. The van der Waals surface area contributed by atoms with Crippen molar-refractivity contribution < 1.29 is 18.3 Å². The highest BCUT2D eigenvalue weighted by atomic mass is 35.5. The standard InChI is InChI=1S/C10H13F3N4O.ClH/c11-10(12,13)6-3-15-9(16-4-6)17-2-1-7(14)8(18)5-17;/h3-4,7-8,18H,1-2,5,14H2;1H/t7-,8-;/m1./s1. The van der Waals surface area contributed by atoms with Crippen LogP contribution in [-0.4, -0.2) is 40.3 Å². The molecule has 0 unspecified atom stereocenters. The van der Waals surface area contributed by atoms with Crippen LogP contribution in [0.25, 0.3) is 0 Å². The molecule has 0 bridgehead atoms. The molecule has 1 aromatic heterocycles.